The van der Waals surface area contributed by atoms with Crippen LogP contribution < -0.4 is 0 Å². The molecule has 1 aromatic heterocycles. The molecule has 1 aliphatic heterocycles. The lowest BCUT2D eigenvalue weighted by molar-refractivity contribution is 0.0811. The summed E-state index contributed by atoms with van der Waals surface area (Å²) in [6, 6.07) is 2.08. The molecular formula is C11H15BrO2S. The number of halogens is 1. The average molecular weight is 291 g/mol. The van der Waals surface area contributed by atoms with Crippen molar-refractivity contribution in [1.29, 1.82) is 0 Å². The molecule has 3 atom stereocenters. The molecule has 15 heavy (non-hydrogen) atoms. The Bertz CT molecular complexity index is 326. The largest absolute Gasteiger partial charge is 0.392 e. The SMILES string of the molecule is CC1CC(C(O)Cc2cc(Br)cs2)CO1. The molecule has 1 saturated heterocycles. The molecule has 1 N–H and O–H groups in total. The van der Waals surface area contributed by atoms with E-state index < -0.39 is 0 Å². The van der Waals surface area contributed by atoms with Crippen LogP contribution in [0.5, 0.6) is 0 Å². The predicted molar refractivity (Wildman–Crippen MR) is 65.3 cm³/mol. The first-order valence-electron chi connectivity index (χ1n) is 5.17. The van der Waals surface area contributed by atoms with Crippen molar-refractivity contribution in [3.8, 4) is 0 Å². The number of aliphatic hydroxyl groups is 1. The summed E-state index contributed by atoms with van der Waals surface area (Å²) in [7, 11) is 0. The Morgan fingerprint density at radius 2 is 2.53 bits per heavy atom. The van der Waals surface area contributed by atoms with Crippen molar-refractivity contribution in [3.05, 3.63) is 20.8 Å². The maximum Gasteiger partial charge on any atom is 0.0639 e. The van der Waals surface area contributed by atoms with E-state index in [1.54, 1.807) is 11.3 Å². The summed E-state index contributed by atoms with van der Waals surface area (Å²) in [4.78, 5) is 1.23. The van der Waals surface area contributed by atoms with E-state index in [0.29, 0.717) is 18.6 Å². The van der Waals surface area contributed by atoms with Gasteiger partial charge in [-0.1, -0.05) is 0 Å². The number of aliphatic hydroxyl groups excluding tert-OH is 1. The number of hydrogen-bond donors (Lipinski definition) is 1. The van der Waals surface area contributed by atoms with E-state index in [4.69, 9.17) is 4.74 Å². The smallest absolute Gasteiger partial charge is 0.0639 e. The highest BCUT2D eigenvalue weighted by molar-refractivity contribution is 9.10. The third-order valence-corrected chi connectivity index (χ3v) is 4.53. The lowest BCUT2D eigenvalue weighted by Gasteiger charge is -2.15. The fraction of sp³-hybridized carbons (Fsp3) is 0.636. The van der Waals surface area contributed by atoms with Crippen LogP contribution in [0.15, 0.2) is 15.9 Å². The van der Waals surface area contributed by atoms with Gasteiger partial charge < -0.3 is 9.84 Å². The van der Waals surface area contributed by atoms with Crippen molar-refractivity contribution in [1.82, 2.24) is 0 Å². The van der Waals surface area contributed by atoms with E-state index in [1.807, 2.05) is 0 Å². The van der Waals surface area contributed by atoms with Gasteiger partial charge >= 0.3 is 0 Å². The Balaban J connectivity index is 1.89. The van der Waals surface area contributed by atoms with Gasteiger partial charge in [0.1, 0.15) is 0 Å². The molecule has 1 aromatic rings. The molecule has 0 bridgehead atoms. The molecule has 0 aromatic carbocycles. The molecular weight excluding hydrogens is 276 g/mol. The minimum atomic E-state index is -0.263. The zero-order chi connectivity index (χ0) is 10.8. The summed E-state index contributed by atoms with van der Waals surface area (Å²) in [5.74, 6) is 0.306. The fourth-order valence-electron chi connectivity index (χ4n) is 1.95. The van der Waals surface area contributed by atoms with Crippen molar-refractivity contribution in [2.45, 2.75) is 32.0 Å². The van der Waals surface area contributed by atoms with Crippen molar-refractivity contribution in [2.75, 3.05) is 6.61 Å². The van der Waals surface area contributed by atoms with E-state index in [-0.39, 0.29) is 6.10 Å². The molecule has 1 aliphatic rings. The van der Waals surface area contributed by atoms with Gasteiger partial charge in [0.05, 0.1) is 18.8 Å². The second-order valence-electron chi connectivity index (χ2n) is 4.14. The van der Waals surface area contributed by atoms with Crippen molar-refractivity contribution in [2.24, 2.45) is 5.92 Å². The first-order valence-corrected chi connectivity index (χ1v) is 6.85. The molecule has 0 radical (unpaired) electrons. The first kappa shape index (κ1) is 11.6. The van der Waals surface area contributed by atoms with Gasteiger partial charge in [0.25, 0.3) is 0 Å². The summed E-state index contributed by atoms with van der Waals surface area (Å²) >= 11 is 5.11. The normalized spacial score (nSPS) is 28.2. The molecule has 2 nitrogen and oxygen atoms in total. The maximum absolute atomic E-state index is 10.0. The quantitative estimate of drug-likeness (QED) is 0.928. The van der Waals surface area contributed by atoms with E-state index in [2.05, 4.69) is 34.3 Å². The van der Waals surface area contributed by atoms with Gasteiger partial charge in [-0.15, -0.1) is 11.3 Å². The summed E-state index contributed by atoms with van der Waals surface area (Å²) in [5, 5.41) is 12.1. The summed E-state index contributed by atoms with van der Waals surface area (Å²) in [6.45, 7) is 2.77. The Hall–Kier alpha value is 0.1000. The highest BCUT2D eigenvalue weighted by Gasteiger charge is 2.28. The number of ether oxygens (including phenoxy) is 1. The van der Waals surface area contributed by atoms with Gasteiger partial charge in [0, 0.05) is 27.1 Å². The monoisotopic (exact) mass is 290 g/mol. The molecule has 0 saturated carbocycles. The molecule has 2 heterocycles. The van der Waals surface area contributed by atoms with Crippen LogP contribution in [-0.4, -0.2) is 23.9 Å². The van der Waals surface area contributed by atoms with Crippen molar-refractivity contribution in [3.63, 3.8) is 0 Å². The van der Waals surface area contributed by atoms with Gasteiger partial charge in [-0.05, 0) is 35.3 Å². The van der Waals surface area contributed by atoms with Crippen molar-refractivity contribution < 1.29 is 9.84 Å². The van der Waals surface area contributed by atoms with Crippen LogP contribution >= 0.6 is 27.3 Å². The van der Waals surface area contributed by atoms with E-state index in [1.165, 1.54) is 4.88 Å². The summed E-state index contributed by atoms with van der Waals surface area (Å²) < 4.78 is 6.57. The molecule has 2 rings (SSSR count). The average Bonchev–Trinajstić information content (AvgIpc) is 2.75. The molecule has 0 amide bonds. The second kappa shape index (κ2) is 4.95. The molecule has 0 aliphatic carbocycles. The molecule has 4 heteroatoms. The molecule has 84 valence electrons. The van der Waals surface area contributed by atoms with Crippen LogP contribution in [0.3, 0.4) is 0 Å². The molecule has 0 spiro atoms. The summed E-state index contributed by atoms with van der Waals surface area (Å²) in [6.07, 6.45) is 1.77. The Morgan fingerprint density at radius 3 is 3.07 bits per heavy atom. The highest BCUT2D eigenvalue weighted by atomic mass is 79.9. The van der Waals surface area contributed by atoms with E-state index >= 15 is 0 Å². The van der Waals surface area contributed by atoms with Gasteiger partial charge in [-0.3, -0.25) is 0 Å². The van der Waals surface area contributed by atoms with Gasteiger partial charge in [-0.25, -0.2) is 0 Å². The van der Waals surface area contributed by atoms with Crippen LogP contribution in [0, 0.1) is 5.92 Å². The van der Waals surface area contributed by atoms with E-state index in [0.717, 1.165) is 17.3 Å². The minimum absolute atomic E-state index is 0.263. The number of thiophene rings is 1. The highest BCUT2D eigenvalue weighted by Crippen LogP contribution is 2.27. The minimum Gasteiger partial charge on any atom is -0.392 e. The van der Waals surface area contributed by atoms with Crippen molar-refractivity contribution >= 4 is 27.3 Å². The maximum atomic E-state index is 10.0. The zero-order valence-corrected chi connectivity index (χ0v) is 11.1. The van der Waals surface area contributed by atoms with Crippen LogP contribution in [0.4, 0.5) is 0 Å². The second-order valence-corrected chi connectivity index (χ2v) is 6.05. The van der Waals surface area contributed by atoms with E-state index in [9.17, 15) is 5.11 Å². The Labute approximate surface area is 102 Å². The Morgan fingerprint density at radius 1 is 1.73 bits per heavy atom. The Kier molecular flexibility index (Phi) is 3.83. The lowest BCUT2D eigenvalue weighted by Crippen LogP contribution is -2.22. The topological polar surface area (TPSA) is 29.5 Å². The van der Waals surface area contributed by atoms with Crippen LogP contribution in [0.25, 0.3) is 0 Å². The number of hydrogen-bond acceptors (Lipinski definition) is 3. The standard InChI is InChI=1S/C11H15BrO2S/c1-7-2-8(5-14-7)11(13)4-10-3-9(12)6-15-10/h3,6-8,11,13H,2,4-5H2,1H3. The van der Waals surface area contributed by atoms with Crippen LogP contribution in [0.1, 0.15) is 18.2 Å². The summed E-state index contributed by atoms with van der Waals surface area (Å²) in [5.41, 5.74) is 0. The fourth-order valence-corrected chi connectivity index (χ4v) is 3.45. The zero-order valence-electron chi connectivity index (χ0n) is 8.65. The van der Waals surface area contributed by atoms with Crippen LogP contribution in [0.2, 0.25) is 0 Å². The third-order valence-electron chi connectivity index (χ3n) is 2.81. The van der Waals surface area contributed by atoms with Gasteiger partial charge in [0.15, 0.2) is 0 Å². The number of rotatable bonds is 3. The first-order chi connectivity index (χ1) is 7.15. The molecule has 1 fully saturated rings. The third kappa shape index (κ3) is 3.03. The van der Waals surface area contributed by atoms with Gasteiger partial charge in [-0.2, -0.15) is 0 Å². The van der Waals surface area contributed by atoms with Gasteiger partial charge in [0.2, 0.25) is 0 Å². The predicted octanol–water partition coefficient (Wildman–Crippen LogP) is 2.84. The molecule has 3 unspecified atom stereocenters. The lowest BCUT2D eigenvalue weighted by atomic mass is 9.97. The van der Waals surface area contributed by atoms with Crippen LogP contribution in [-0.2, 0) is 11.2 Å².